The van der Waals surface area contributed by atoms with Crippen molar-refractivity contribution >= 4 is 12.2 Å². The highest BCUT2D eigenvalue weighted by molar-refractivity contribution is 5.80. The molecule has 1 aromatic carbocycles. The largest absolute Gasteiger partial charge is 0.484 e. The van der Waals surface area contributed by atoms with Crippen LogP contribution in [0.1, 0.15) is 25.8 Å². The smallest absolute Gasteiger partial charge is 0.258 e. The predicted molar refractivity (Wildman–Crippen MR) is 74.1 cm³/mol. The zero-order valence-electron chi connectivity index (χ0n) is 11.7. The van der Waals surface area contributed by atoms with E-state index in [0.29, 0.717) is 18.1 Å². The molecule has 0 heterocycles. The van der Waals surface area contributed by atoms with E-state index in [1.165, 1.54) is 0 Å². The van der Waals surface area contributed by atoms with E-state index in [9.17, 15) is 9.59 Å². The Morgan fingerprint density at radius 2 is 2.05 bits per heavy atom. The summed E-state index contributed by atoms with van der Waals surface area (Å²) in [5.41, 5.74) is 0.976. The number of carbonyl (C=O) groups excluding carboxylic acids is 2. The van der Waals surface area contributed by atoms with Crippen LogP contribution in [0.25, 0.3) is 0 Å². The van der Waals surface area contributed by atoms with Gasteiger partial charge < -0.3 is 14.8 Å². The van der Waals surface area contributed by atoms with Crippen molar-refractivity contribution < 1.29 is 14.3 Å². The molecule has 0 aromatic heterocycles. The van der Waals surface area contributed by atoms with E-state index in [-0.39, 0.29) is 12.5 Å². The van der Waals surface area contributed by atoms with Gasteiger partial charge in [-0.1, -0.05) is 32.0 Å². The van der Waals surface area contributed by atoms with Gasteiger partial charge in [0.2, 0.25) is 0 Å². The number of aldehydes is 1. The fourth-order valence-corrected chi connectivity index (χ4v) is 1.77. The quantitative estimate of drug-likeness (QED) is 0.766. The van der Waals surface area contributed by atoms with Crippen LogP contribution in [0.4, 0.5) is 0 Å². The van der Waals surface area contributed by atoms with Gasteiger partial charge in [0.05, 0.1) is 6.04 Å². The van der Waals surface area contributed by atoms with Crippen LogP contribution >= 0.6 is 0 Å². The number of aryl methyl sites for hydroxylation is 1. The average Bonchev–Trinajstić information content (AvgIpc) is 2.36. The molecule has 4 nitrogen and oxygen atoms in total. The summed E-state index contributed by atoms with van der Waals surface area (Å²) < 4.78 is 5.42. The van der Waals surface area contributed by atoms with Crippen LogP contribution in [0.2, 0.25) is 0 Å². The van der Waals surface area contributed by atoms with Gasteiger partial charge >= 0.3 is 0 Å². The molecule has 0 radical (unpaired) electrons. The van der Waals surface area contributed by atoms with E-state index < -0.39 is 6.04 Å². The number of nitrogens with one attached hydrogen (secondary N) is 1. The summed E-state index contributed by atoms with van der Waals surface area (Å²) in [4.78, 5) is 22.5. The van der Waals surface area contributed by atoms with Crippen LogP contribution in [-0.2, 0) is 9.59 Å². The molecule has 0 aliphatic carbocycles. The van der Waals surface area contributed by atoms with E-state index in [4.69, 9.17) is 4.74 Å². The van der Waals surface area contributed by atoms with Crippen LogP contribution in [0.5, 0.6) is 5.75 Å². The first-order valence-electron chi connectivity index (χ1n) is 6.46. The standard InChI is InChI=1S/C15H21NO3/c1-11(2)8-13(9-17)16-15(18)10-19-14-7-5-4-6-12(14)3/h4-7,9,11,13H,8,10H2,1-3H3,(H,16,18). The third-order valence-corrected chi connectivity index (χ3v) is 2.69. The summed E-state index contributed by atoms with van der Waals surface area (Å²) in [5, 5.41) is 2.66. The van der Waals surface area contributed by atoms with E-state index in [0.717, 1.165) is 11.8 Å². The van der Waals surface area contributed by atoms with Gasteiger partial charge in [-0.25, -0.2) is 0 Å². The van der Waals surface area contributed by atoms with Gasteiger partial charge in [0, 0.05) is 0 Å². The Morgan fingerprint density at radius 1 is 1.37 bits per heavy atom. The van der Waals surface area contributed by atoms with Gasteiger partial charge in [0.15, 0.2) is 6.61 Å². The van der Waals surface area contributed by atoms with Gasteiger partial charge in [-0.05, 0) is 30.9 Å². The van der Waals surface area contributed by atoms with Crippen molar-refractivity contribution in [3.8, 4) is 5.75 Å². The molecule has 0 bridgehead atoms. The summed E-state index contributed by atoms with van der Waals surface area (Å²) in [6.45, 7) is 5.85. The highest BCUT2D eigenvalue weighted by Gasteiger charge is 2.13. The van der Waals surface area contributed by atoms with Gasteiger partial charge in [0.1, 0.15) is 12.0 Å². The number of carbonyl (C=O) groups is 2. The SMILES string of the molecule is Cc1ccccc1OCC(=O)NC(C=O)CC(C)C. The molecule has 1 rings (SSSR count). The van der Waals surface area contributed by atoms with Gasteiger partial charge in [-0.15, -0.1) is 0 Å². The first-order chi connectivity index (χ1) is 9.02. The lowest BCUT2D eigenvalue weighted by atomic mass is 10.1. The first kappa shape index (κ1) is 15.2. The van der Waals surface area contributed by atoms with Crippen LogP contribution in [0, 0.1) is 12.8 Å². The van der Waals surface area contributed by atoms with Crippen molar-refractivity contribution in [3.63, 3.8) is 0 Å². The molecule has 1 amide bonds. The molecule has 1 unspecified atom stereocenters. The molecule has 0 fully saturated rings. The number of benzene rings is 1. The number of hydrogen-bond acceptors (Lipinski definition) is 3. The van der Waals surface area contributed by atoms with Gasteiger partial charge in [0.25, 0.3) is 5.91 Å². The van der Waals surface area contributed by atoms with E-state index >= 15 is 0 Å². The Morgan fingerprint density at radius 3 is 2.63 bits per heavy atom. The molecule has 0 spiro atoms. The highest BCUT2D eigenvalue weighted by atomic mass is 16.5. The Hall–Kier alpha value is -1.84. The molecule has 0 aliphatic heterocycles. The molecule has 19 heavy (non-hydrogen) atoms. The molecule has 1 N–H and O–H groups in total. The summed E-state index contributed by atoms with van der Waals surface area (Å²) in [6.07, 6.45) is 1.41. The minimum Gasteiger partial charge on any atom is -0.484 e. The molecule has 0 aliphatic rings. The predicted octanol–water partition coefficient (Wildman–Crippen LogP) is 2.10. The monoisotopic (exact) mass is 263 g/mol. The maximum absolute atomic E-state index is 11.7. The average molecular weight is 263 g/mol. The molecule has 4 heteroatoms. The lowest BCUT2D eigenvalue weighted by Crippen LogP contribution is -2.39. The first-order valence-corrected chi connectivity index (χ1v) is 6.46. The van der Waals surface area contributed by atoms with Crippen molar-refractivity contribution in [1.82, 2.24) is 5.32 Å². The van der Waals surface area contributed by atoms with Crippen molar-refractivity contribution in [2.75, 3.05) is 6.61 Å². The van der Waals surface area contributed by atoms with Crippen LogP contribution in [0.15, 0.2) is 24.3 Å². The second-order valence-electron chi connectivity index (χ2n) is 4.99. The zero-order chi connectivity index (χ0) is 14.3. The molecule has 1 aromatic rings. The van der Waals surface area contributed by atoms with Crippen molar-refractivity contribution in [1.29, 1.82) is 0 Å². The number of amides is 1. The molecule has 1 atom stereocenters. The topological polar surface area (TPSA) is 55.4 Å². The van der Waals surface area contributed by atoms with Crippen molar-refractivity contribution in [2.45, 2.75) is 33.2 Å². The van der Waals surface area contributed by atoms with Gasteiger partial charge in [-0.2, -0.15) is 0 Å². The summed E-state index contributed by atoms with van der Waals surface area (Å²) in [5.74, 6) is 0.762. The fraction of sp³-hybridized carbons (Fsp3) is 0.467. The minimum absolute atomic E-state index is 0.0761. The number of para-hydroxylation sites is 1. The zero-order valence-corrected chi connectivity index (χ0v) is 11.7. The summed E-state index contributed by atoms with van der Waals surface area (Å²) >= 11 is 0. The Bertz CT molecular complexity index is 429. The lowest BCUT2D eigenvalue weighted by Gasteiger charge is -2.15. The van der Waals surface area contributed by atoms with Crippen LogP contribution < -0.4 is 10.1 Å². The van der Waals surface area contributed by atoms with E-state index in [1.54, 1.807) is 0 Å². The van der Waals surface area contributed by atoms with Crippen molar-refractivity contribution in [2.24, 2.45) is 5.92 Å². The van der Waals surface area contributed by atoms with Crippen LogP contribution in [0.3, 0.4) is 0 Å². The maximum Gasteiger partial charge on any atom is 0.258 e. The Labute approximate surface area is 114 Å². The molecule has 0 saturated carbocycles. The highest BCUT2D eigenvalue weighted by Crippen LogP contribution is 2.15. The van der Waals surface area contributed by atoms with E-state index in [2.05, 4.69) is 5.32 Å². The maximum atomic E-state index is 11.7. The Balaban J connectivity index is 2.43. The third-order valence-electron chi connectivity index (χ3n) is 2.69. The normalized spacial score (nSPS) is 12.0. The number of ether oxygens (including phenoxy) is 1. The summed E-state index contributed by atoms with van der Waals surface area (Å²) in [6, 6.07) is 7.06. The van der Waals surface area contributed by atoms with Crippen LogP contribution in [-0.4, -0.2) is 24.8 Å². The lowest BCUT2D eigenvalue weighted by molar-refractivity contribution is -0.125. The van der Waals surface area contributed by atoms with Crippen molar-refractivity contribution in [3.05, 3.63) is 29.8 Å². The summed E-state index contributed by atoms with van der Waals surface area (Å²) in [7, 11) is 0. The third kappa shape index (κ3) is 5.55. The Kier molecular flexibility index (Phi) is 6.06. The minimum atomic E-state index is -0.437. The van der Waals surface area contributed by atoms with E-state index in [1.807, 2.05) is 45.0 Å². The second kappa shape index (κ2) is 7.56. The molecular weight excluding hydrogens is 242 g/mol. The number of rotatable bonds is 7. The van der Waals surface area contributed by atoms with Gasteiger partial charge in [-0.3, -0.25) is 4.79 Å². The molecule has 0 saturated heterocycles. The second-order valence-corrected chi connectivity index (χ2v) is 4.99. The molecule has 104 valence electrons. The number of hydrogen-bond donors (Lipinski definition) is 1. The fourth-order valence-electron chi connectivity index (χ4n) is 1.77. The molecular formula is C15H21NO3.